The highest BCUT2D eigenvalue weighted by atomic mass is 16.5. The zero-order chi connectivity index (χ0) is 19.0. The molecule has 0 fully saturated rings. The Balaban J connectivity index is 2.01. The minimum Gasteiger partial charge on any atom is -0.491 e. The van der Waals surface area contributed by atoms with E-state index in [2.05, 4.69) is 5.32 Å². The molecule has 1 atom stereocenters. The fourth-order valence-electron chi connectivity index (χ4n) is 2.41. The van der Waals surface area contributed by atoms with Crippen LogP contribution in [-0.2, 0) is 14.9 Å². The number of carboxylic acid groups (broad SMARTS) is 1. The highest BCUT2D eigenvalue weighted by Crippen LogP contribution is 2.23. The van der Waals surface area contributed by atoms with Crippen LogP contribution in [0.3, 0.4) is 0 Å². The molecule has 6 heteroatoms. The van der Waals surface area contributed by atoms with Crippen LogP contribution in [0, 0.1) is 0 Å². The second-order valence-corrected chi connectivity index (χ2v) is 6.05. The third-order valence-corrected chi connectivity index (χ3v) is 4.16. The molecule has 2 aromatic rings. The number of carbonyl (C=O) groups excluding carboxylic acids is 1. The molecular formula is C20H23NO5. The Morgan fingerprint density at radius 3 is 2.27 bits per heavy atom. The summed E-state index contributed by atoms with van der Waals surface area (Å²) in [5.74, 6) is -0.694. The van der Waals surface area contributed by atoms with Crippen LogP contribution in [0.25, 0.3) is 0 Å². The number of hydrogen-bond acceptors (Lipinski definition) is 4. The first-order valence-corrected chi connectivity index (χ1v) is 8.26. The number of carboxylic acids is 1. The van der Waals surface area contributed by atoms with Crippen molar-refractivity contribution in [3.8, 4) is 5.75 Å². The normalized spacial score (nSPS) is 12.8. The average molecular weight is 357 g/mol. The summed E-state index contributed by atoms with van der Waals surface area (Å²) in [5.41, 5.74) is -0.139. The average Bonchev–Trinajstić information content (AvgIpc) is 2.67. The summed E-state index contributed by atoms with van der Waals surface area (Å²) in [6, 6.07) is 15.5. The van der Waals surface area contributed by atoms with Crippen LogP contribution >= 0.6 is 0 Å². The van der Waals surface area contributed by atoms with E-state index in [1.54, 1.807) is 62.6 Å². The number of rotatable bonds is 9. The Morgan fingerprint density at radius 1 is 1.04 bits per heavy atom. The van der Waals surface area contributed by atoms with Gasteiger partial charge in [0.1, 0.15) is 17.8 Å². The first kappa shape index (κ1) is 19.5. The van der Waals surface area contributed by atoms with Crippen LogP contribution in [0.2, 0.25) is 0 Å². The molecular weight excluding hydrogens is 334 g/mol. The molecule has 0 bridgehead atoms. The summed E-state index contributed by atoms with van der Waals surface area (Å²) in [6.07, 6.45) is 0. The van der Waals surface area contributed by atoms with E-state index in [0.717, 1.165) is 0 Å². The largest absolute Gasteiger partial charge is 0.491 e. The Hall–Kier alpha value is -2.86. The second-order valence-electron chi connectivity index (χ2n) is 6.05. The fraction of sp³-hybridized carbons (Fsp3) is 0.300. The van der Waals surface area contributed by atoms with Gasteiger partial charge in [-0.2, -0.15) is 0 Å². The molecule has 0 heterocycles. The summed E-state index contributed by atoms with van der Waals surface area (Å²) >= 11 is 0. The lowest BCUT2D eigenvalue weighted by Crippen LogP contribution is -2.44. The maximum Gasteiger partial charge on any atom is 0.315 e. The van der Waals surface area contributed by atoms with Crippen molar-refractivity contribution in [2.75, 3.05) is 26.9 Å². The van der Waals surface area contributed by atoms with Gasteiger partial charge < -0.3 is 19.9 Å². The highest BCUT2D eigenvalue weighted by molar-refractivity contribution is 5.95. The van der Waals surface area contributed by atoms with Crippen molar-refractivity contribution in [2.24, 2.45) is 0 Å². The third-order valence-electron chi connectivity index (χ3n) is 4.16. The van der Waals surface area contributed by atoms with Crippen LogP contribution in [0.4, 0.5) is 0 Å². The zero-order valence-corrected chi connectivity index (χ0v) is 14.9. The van der Waals surface area contributed by atoms with E-state index in [9.17, 15) is 14.7 Å². The first-order valence-electron chi connectivity index (χ1n) is 8.26. The lowest BCUT2D eigenvalue weighted by atomic mass is 9.82. The Kier molecular flexibility index (Phi) is 6.74. The van der Waals surface area contributed by atoms with E-state index < -0.39 is 11.4 Å². The molecule has 0 spiro atoms. The smallest absolute Gasteiger partial charge is 0.315 e. The van der Waals surface area contributed by atoms with Crippen LogP contribution in [0.1, 0.15) is 22.8 Å². The molecule has 26 heavy (non-hydrogen) atoms. The summed E-state index contributed by atoms with van der Waals surface area (Å²) in [5, 5.41) is 12.3. The van der Waals surface area contributed by atoms with Crippen molar-refractivity contribution in [2.45, 2.75) is 12.3 Å². The summed E-state index contributed by atoms with van der Waals surface area (Å²) < 4.78 is 10.4. The van der Waals surface area contributed by atoms with Crippen molar-refractivity contribution in [1.29, 1.82) is 0 Å². The van der Waals surface area contributed by atoms with E-state index in [-0.39, 0.29) is 12.5 Å². The molecule has 2 aromatic carbocycles. The molecule has 1 unspecified atom stereocenters. The second kappa shape index (κ2) is 9.01. The zero-order valence-electron chi connectivity index (χ0n) is 14.9. The number of amides is 1. The molecule has 0 radical (unpaired) electrons. The molecule has 0 saturated heterocycles. The standard InChI is InChI=1S/C20H23NO5/c1-20(19(23)24,16-6-4-3-5-7-16)14-21-18(22)15-8-10-17(11-9-15)26-13-12-25-2/h3-11H,12-14H2,1-2H3,(H,21,22)(H,23,24). The van der Waals surface area contributed by atoms with Gasteiger partial charge in [0.2, 0.25) is 0 Å². The summed E-state index contributed by atoms with van der Waals surface area (Å²) in [7, 11) is 1.59. The fourth-order valence-corrected chi connectivity index (χ4v) is 2.41. The molecule has 2 rings (SSSR count). The summed E-state index contributed by atoms with van der Waals surface area (Å²) in [6.45, 7) is 2.49. The van der Waals surface area contributed by atoms with Gasteiger partial charge >= 0.3 is 5.97 Å². The van der Waals surface area contributed by atoms with Gasteiger partial charge in [-0.3, -0.25) is 9.59 Å². The Labute approximate surface area is 152 Å². The van der Waals surface area contributed by atoms with Crippen molar-refractivity contribution in [3.63, 3.8) is 0 Å². The topological polar surface area (TPSA) is 84.9 Å². The molecule has 2 N–H and O–H groups in total. The predicted octanol–water partition coefficient (Wildman–Crippen LogP) is 2.48. The number of benzene rings is 2. The monoisotopic (exact) mass is 357 g/mol. The molecule has 138 valence electrons. The lowest BCUT2D eigenvalue weighted by Gasteiger charge is -2.25. The molecule has 0 aromatic heterocycles. The van der Waals surface area contributed by atoms with Crippen molar-refractivity contribution in [3.05, 3.63) is 65.7 Å². The minimum atomic E-state index is -1.21. The van der Waals surface area contributed by atoms with Crippen LogP contribution in [0.5, 0.6) is 5.75 Å². The Bertz CT molecular complexity index is 730. The van der Waals surface area contributed by atoms with Gasteiger partial charge in [-0.05, 0) is 36.8 Å². The SMILES string of the molecule is COCCOc1ccc(C(=O)NCC(C)(C(=O)O)c2ccccc2)cc1. The summed E-state index contributed by atoms with van der Waals surface area (Å²) in [4.78, 5) is 24.1. The van der Waals surface area contributed by atoms with E-state index in [1.165, 1.54) is 0 Å². The highest BCUT2D eigenvalue weighted by Gasteiger charge is 2.35. The lowest BCUT2D eigenvalue weighted by molar-refractivity contribution is -0.142. The number of ether oxygens (including phenoxy) is 2. The molecule has 0 aliphatic heterocycles. The van der Waals surface area contributed by atoms with E-state index >= 15 is 0 Å². The number of nitrogens with one attached hydrogen (secondary N) is 1. The van der Waals surface area contributed by atoms with E-state index in [0.29, 0.717) is 30.1 Å². The van der Waals surface area contributed by atoms with Gasteiger partial charge in [-0.15, -0.1) is 0 Å². The number of hydrogen-bond donors (Lipinski definition) is 2. The number of aliphatic carboxylic acids is 1. The minimum absolute atomic E-state index is 0.0166. The molecule has 0 aliphatic carbocycles. The first-order chi connectivity index (χ1) is 12.5. The number of carbonyl (C=O) groups is 2. The number of methoxy groups -OCH3 is 1. The van der Waals surface area contributed by atoms with Crippen molar-refractivity contribution >= 4 is 11.9 Å². The van der Waals surface area contributed by atoms with Gasteiger partial charge in [0.25, 0.3) is 5.91 Å². The predicted molar refractivity (Wildman–Crippen MR) is 97.6 cm³/mol. The van der Waals surface area contributed by atoms with Crippen molar-refractivity contribution < 1.29 is 24.2 Å². The van der Waals surface area contributed by atoms with Gasteiger partial charge in [0, 0.05) is 19.2 Å². The Morgan fingerprint density at radius 2 is 1.69 bits per heavy atom. The van der Waals surface area contributed by atoms with Gasteiger partial charge in [-0.1, -0.05) is 30.3 Å². The van der Waals surface area contributed by atoms with E-state index in [4.69, 9.17) is 9.47 Å². The molecule has 6 nitrogen and oxygen atoms in total. The van der Waals surface area contributed by atoms with Crippen LogP contribution in [0.15, 0.2) is 54.6 Å². The van der Waals surface area contributed by atoms with Crippen LogP contribution < -0.4 is 10.1 Å². The van der Waals surface area contributed by atoms with Gasteiger partial charge in [0.15, 0.2) is 0 Å². The van der Waals surface area contributed by atoms with Gasteiger partial charge in [-0.25, -0.2) is 0 Å². The van der Waals surface area contributed by atoms with Crippen LogP contribution in [-0.4, -0.2) is 43.9 Å². The van der Waals surface area contributed by atoms with Gasteiger partial charge in [0.05, 0.1) is 6.61 Å². The maximum absolute atomic E-state index is 12.4. The molecule has 0 aliphatic rings. The third kappa shape index (κ3) is 4.83. The molecule has 0 saturated carbocycles. The maximum atomic E-state index is 12.4. The molecule has 1 amide bonds. The van der Waals surface area contributed by atoms with E-state index in [1.807, 2.05) is 6.07 Å². The van der Waals surface area contributed by atoms with Crippen molar-refractivity contribution in [1.82, 2.24) is 5.32 Å². The quantitative estimate of drug-likeness (QED) is 0.674.